The van der Waals surface area contributed by atoms with E-state index in [1.807, 2.05) is 58.9 Å². The van der Waals surface area contributed by atoms with Crippen molar-refractivity contribution < 1.29 is 14.3 Å². The highest BCUT2D eigenvalue weighted by Gasteiger charge is 2.25. The van der Waals surface area contributed by atoms with E-state index in [4.69, 9.17) is 4.74 Å². The minimum atomic E-state index is -0.545. The number of ether oxygens (including phenoxy) is 1. The monoisotopic (exact) mass is 573 g/mol. The molecular formula is C24H40IN5O3. The Morgan fingerprint density at radius 1 is 1.09 bits per heavy atom. The Morgan fingerprint density at radius 3 is 2.36 bits per heavy atom. The summed E-state index contributed by atoms with van der Waals surface area (Å²) in [5, 5.41) is 12.4. The number of rotatable bonds is 7. The van der Waals surface area contributed by atoms with Gasteiger partial charge >= 0.3 is 6.09 Å². The first-order valence-electron chi connectivity index (χ1n) is 11.3. The summed E-state index contributed by atoms with van der Waals surface area (Å²) in [4.78, 5) is 28.7. The molecule has 4 N–H and O–H groups in total. The van der Waals surface area contributed by atoms with Gasteiger partial charge in [-0.05, 0) is 65.2 Å². The molecule has 0 atom stereocenters. The number of carbonyl (C=O) groups is 2. The lowest BCUT2D eigenvalue weighted by atomic mass is 10.1. The van der Waals surface area contributed by atoms with Crippen LogP contribution in [0.4, 0.5) is 10.5 Å². The zero-order chi connectivity index (χ0) is 23.8. The van der Waals surface area contributed by atoms with Crippen molar-refractivity contribution in [3.8, 4) is 0 Å². The van der Waals surface area contributed by atoms with Crippen molar-refractivity contribution in [3.05, 3.63) is 29.8 Å². The fourth-order valence-electron chi connectivity index (χ4n) is 3.53. The van der Waals surface area contributed by atoms with Crippen molar-refractivity contribution in [2.24, 2.45) is 10.9 Å². The first kappa shape index (κ1) is 29.0. The smallest absolute Gasteiger partial charge is 0.408 e. The molecule has 0 spiro atoms. The van der Waals surface area contributed by atoms with E-state index >= 15 is 0 Å². The van der Waals surface area contributed by atoms with Crippen LogP contribution >= 0.6 is 24.0 Å². The minimum Gasteiger partial charge on any atom is -0.444 e. The summed E-state index contributed by atoms with van der Waals surface area (Å²) in [5.74, 6) is 0.867. The number of amides is 2. The number of alkyl carbamates (subject to hydrolysis) is 1. The molecule has 0 saturated heterocycles. The lowest BCUT2D eigenvalue weighted by molar-refractivity contribution is -0.119. The van der Waals surface area contributed by atoms with E-state index in [1.165, 1.54) is 0 Å². The van der Waals surface area contributed by atoms with Gasteiger partial charge in [-0.3, -0.25) is 9.79 Å². The Balaban J connectivity index is 0.00000544. The van der Waals surface area contributed by atoms with Crippen LogP contribution in [0.25, 0.3) is 0 Å². The van der Waals surface area contributed by atoms with Crippen molar-refractivity contribution in [2.75, 3.05) is 18.9 Å². The lowest BCUT2D eigenvalue weighted by Crippen LogP contribution is -2.54. The normalized spacial score (nSPS) is 14.8. The van der Waals surface area contributed by atoms with E-state index in [1.54, 1.807) is 7.05 Å². The van der Waals surface area contributed by atoms with Crippen molar-refractivity contribution in [1.29, 1.82) is 0 Å². The van der Waals surface area contributed by atoms with Gasteiger partial charge in [0.1, 0.15) is 5.60 Å². The Morgan fingerprint density at radius 2 is 1.76 bits per heavy atom. The van der Waals surface area contributed by atoms with Crippen molar-refractivity contribution in [3.63, 3.8) is 0 Å². The quantitative estimate of drug-likeness (QED) is 0.220. The number of aliphatic imine (C=N–C) groups is 1. The van der Waals surface area contributed by atoms with Crippen LogP contribution in [0.3, 0.4) is 0 Å². The van der Waals surface area contributed by atoms with Gasteiger partial charge in [-0.1, -0.05) is 25.0 Å². The van der Waals surface area contributed by atoms with Crippen LogP contribution in [0.5, 0.6) is 0 Å². The van der Waals surface area contributed by atoms with Gasteiger partial charge in [0.05, 0.1) is 5.54 Å². The van der Waals surface area contributed by atoms with Gasteiger partial charge in [-0.2, -0.15) is 0 Å². The Kier molecular flexibility index (Phi) is 11.4. The Bertz CT molecular complexity index is 815. The number of anilines is 1. The molecule has 1 saturated carbocycles. The average Bonchev–Trinajstić information content (AvgIpc) is 3.21. The maximum absolute atomic E-state index is 12.4. The molecule has 1 fully saturated rings. The highest BCUT2D eigenvalue weighted by atomic mass is 127. The van der Waals surface area contributed by atoms with Crippen molar-refractivity contribution in [2.45, 2.75) is 78.0 Å². The number of guanidine groups is 1. The van der Waals surface area contributed by atoms with Gasteiger partial charge < -0.3 is 26.0 Å². The van der Waals surface area contributed by atoms with Gasteiger partial charge in [0.25, 0.3) is 0 Å². The van der Waals surface area contributed by atoms with E-state index in [-0.39, 0.29) is 35.8 Å². The molecule has 1 aromatic rings. The number of halogens is 1. The minimum absolute atomic E-state index is 0. The summed E-state index contributed by atoms with van der Waals surface area (Å²) in [5.41, 5.74) is 0.760. The first-order chi connectivity index (χ1) is 15.0. The summed E-state index contributed by atoms with van der Waals surface area (Å²) in [6.07, 6.45) is 3.78. The average molecular weight is 574 g/mol. The third-order valence-corrected chi connectivity index (χ3v) is 5.14. The third-order valence-electron chi connectivity index (χ3n) is 5.14. The van der Waals surface area contributed by atoms with Gasteiger partial charge in [0.2, 0.25) is 5.91 Å². The van der Waals surface area contributed by atoms with Crippen molar-refractivity contribution >= 4 is 47.6 Å². The summed E-state index contributed by atoms with van der Waals surface area (Å²) >= 11 is 0. The summed E-state index contributed by atoms with van der Waals surface area (Å²) in [6.45, 7) is 10.3. The van der Waals surface area contributed by atoms with E-state index in [0.717, 1.165) is 36.9 Å². The molecule has 8 nitrogen and oxygen atoms in total. The van der Waals surface area contributed by atoms with E-state index in [9.17, 15) is 9.59 Å². The van der Waals surface area contributed by atoms with Crippen LogP contribution < -0.4 is 21.3 Å². The Labute approximate surface area is 215 Å². The largest absolute Gasteiger partial charge is 0.444 e. The highest BCUT2D eigenvalue weighted by molar-refractivity contribution is 14.0. The number of nitrogens with zero attached hydrogens (tertiary/aromatic N) is 1. The first-order valence-corrected chi connectivity index (χ1v) is 11.3. The summed E-state index contributed by atoms with van der Waals surface area (Å²) in [7, 11) is 1.70. The summed E-state index contributed by atoms with van der Waals surface area (Å²) in [6, 6.07) is 7.82. The molecule has 0 unspecified atom stereocenters. The van der Waals surface area contributed by atoms with E-state index < -0.39 is 17.2 Å². The SMILES string of the molecule is CN=C(NCc1cccc(NC(=O)C2CCCC2)c1)NCC(C)(C)NC(=O)OC(C)(C)C.I. The molecule has 0 aliphatic heterocycles. The standard InChI is InChI=1S/C24H39N5O3.HI/c1-23(2,3)32-22(31)29-24(4,5)16-27-21(25-6)26-15-17-10-9-13-19(14-17)28-20(30)18-11-7-8-12-18;/h9-10,13-14,18H,7-8,11-12,15-16H2,1-6H3,(H,28,30)(H,29,31)(H2,25,26,27);1H. The molecule has 2 rings (SSSR count). The van der Waals surface area contributed by atoms with Crippen LogP contribution in [0.1, 0.15) is 65.9 Å². The second-order valence-electron chi connectivity index (χ2n) is 9.96. The maximum Gasteiger partial charge on any atom is 0.408 e. The number of nitrogens with one attached hydrogen (secondary N) is 4. The van der Waals surface area contributed by atoms with Crippen LogP contribution in [-0.4, -0.2) is 42.7 Å². The van der Waals surface area contributed by atoms with E-state index in [2.05, 4.69) is 26.3 Å². The third kappa shape index (κ3) is 11.1. The van der Waals surface area contributed by atoms with Gasteiger partial charge in [0.15, 0.2) is 5.96 Å². The zero-order valence-electron chi connectivity index (χ0n) is 20.7. The molecule has 1 aliphatic carbocycles. The topological polar surface area (TPSA) is 104 Å². The number of carbonyl (C=O) groups excluding carboxylic acids is 2. The molecular weight excluding hydrogens is 533 g/mol. The molecule has 0 heterocycles. The van der Waals surface area contributed by atoms with Crippen LogP contribution in [0, 0.1) is 5.92 Å². The lowest BCUT2D eigenvalue weighted by Gasteiger charge is -2.29. The maximum atomic E-state index is 12.4. The molecule has 0 radical (unpaired) electrons. The molecule has 2 amide bonds. The molecule has 1 aromatic carbocycles. The fourth-order valence-corrected chi connectivity index (χ4v) is 3.53. The zero-order valence-corrected chi connectivity index (χ0v) is 23.0. The predicted molar refractivity (Wildman–Crippen MR) is 144 cm³/mol. The predicted octanol–water partition coefficient (Wildman–Crippen LogP) is 4.40. The molecule has 9 heteroatoms. The van der Waals surface area contributed by atoms with Crippen LogP contribution in [0.15, 0.2) is 29.3 Å². The second-order valence-corrected chi connectivity index (χ2v) is 9.96. The molecule has 33 heavy (non-hydrogen) atoms. The van der Waals surface area contributed by atoms with Gasteiger partial charge in [-0.25, -0.2) is 4.79 Å². The van der Waals surface area contributed by atoms with E-state index in [0.29, 0.717) is 19.0 Å². The van der Waals surface area contributed by atoms with Crippen LogP contribution in [0.2, 0.25) is 0 Å². The highest BCUT2D eigenvalue weighted by Crippen LogP contribution is 2.26. The molecule has 0 bridgehead atoms. The molecule has 186 valence electrons. The summed E-state index contributed by atoms with van der Waals surface area (Å²) < 4.78 is 5.33. The van der Waals surface area contributed by atoms with Gasteiger partial charge in [-0.15, -0.1) is 24.0 Å². The number of hydrogen-bond donors (Lipinski definition) is 4. The number of benzene rings is 1. The van der Waals surface area contributed by atoms with Gasteiger partial charge in [0, 0.05) is 31.7 Å². The van der Waals surface area contributed by atoms with Crippen LogP contribution in [-0.2, 0) is 16.1 Å². The fraction of sp³-hybridized carbons (Fsp3) is 0.625. The molecule has 0 aromatic heterocycles. The van der Waals surface area contributed by atoms with Crippen molar-refractivity contribution in [1.82, 2.24) is 16.0 Å². The number of hydrogen-bond acceptors (Lipinski definition) is 4. The second kappa shape index (κ2) is 13.0. The Hall–Kier alpha value is -2.04. The molecule has 1 aliphatic rings.